The first-order valence-electron chi connectivity index (χ1n) is 13.9. The molecule has 1 atom stereocenters. The van der Waals surface area contributed by atoms with Crippen molar-refractivity contribution in [3.63, 3.8) is 0 Å². The summed E-state index contributed by atoms with van der Waals surface area (Å²) in [6, 6.07) is 14.7. The summed E-state index contributed by atoms with van der Waals surface area (Å²) in [5, 5.41) is 15.9. The lowest BCUT2D eigenvalue weighted by molar-refractivity contribution is -0.132. The molecule has 2 aromatic heterocycles. The highest BCUT2D eigenvalue weighted by Crippen LogP contribution is 2.35. The number of rotatable bonds is 12. The number of nitriles is 1. The van der Waals surface area contributed by atoms with Crippen LogP contribution in [0.4, 0.5) is 8.78 Å². The molecular formula is C31H32F2N6O4S2. The van der Waals surface area contributed by atoms with Crippen molar-refractivity contribution in [2.45, 2.75) is 69.0 Å². The Morgan fingerprint density at radius 1 is 1.11 bits per heavy atom. The van der Waals surface area contributed by atoms with Gasteiger partial charge in [-0.3, -0.25) is 14.3 Å². The van der Waals surface area contributed by atoms with Crippen LogP contribution in [0.2, 0.25) is 0 Å². The Morgan fingerprint density at radius 2 is 1.84 bits per heavy atom. The fourth-order valence-electron chi connectivity index (χ4n) is 5.01. The summed E-state index contributed by atoms with van der Waals surface area (Å²) in [6.45, 7) is 4.70. The molecule has 0 saturated heterocycles. The summed E-state index contributed by atoms with van der Waals surface area (Å²) in [5.74, 6) is -1.92. The van der Waals surface area contributed by atoms with E-state index in [9.17, 15) is 32.0 Å². The molecule has 236 valence electrons. The average Bonchev–Trinajstić information content (AvgIpc) is 3.72. The van der Waals surface area contributed by atoms with Crippen LogP contribution in [0.1, 0.15) is 66.5 Å². The van der Waals surface area contributed by atoms with E-state index in [1.807, 2.05) is 6.07 Å². The van der Waals surface area contributed by atoms with Gasteiger partial charge >= 0.3 is 0 Å². The highest BCUT2D eigenvalue weighted by Gasteiger charge is 2.49. The van der Waals surface area contributed by atoms with E-state index < -0.39 is 39.2 Å². The maximum absolute atomic E-state index is 14.5. The Labute approximate surface area is 264 Å². The molecule has 0 fully saturated rings. The van der Waals surface area contributed by atoms with Gasteiger partial charge in [0, 0.05) is 41.5 Å². The molecular weight excluding hydrogens is 623 g/mol. The van der Waals surface area contributed by atoms with Gasteiger partial charge in [-0.15, -0.1) is 11.3 Å². The largest absolute Gasteiger partial charge is 0.315 e. The molecule has 2 heterocycles. The molecule has 0 aliphatic rings. The van der Waals surface area contributed by atoms with E-state index in [0.717, 1.165) is 11.0 Å². The van der Waals surface area contributed by atoms with Gasteiger partial charge in [0.05, 0.1) is 24.1 Å². The summed E-state index contributed by atoms with van der Waals surface area (Å²) in [7, 11) is -4.43. The molecule has 4 rings (SSSR count). The number of carbonyl (C=O) groups excluding carboxylic acids is 2. The van der Waals surface area contributed by atoms with Crippen LogP contribution in [0.25, 0.3) is 0 Å². The fraction of sp³-hybridized carbons (Fsp3) is 0.323. The number of nitrogens with zero attached hydrogens (tertiary/aromatic N) is 5. The average molecular weight is 655 g/mol. The minimum atomic E-state index is -4.43. The number of hydrogen-bond acceptors (Lipinski definition) is 8. The predicted molar refractivity (Wildman–Crippen MR) is 164 cm³/mol. The number of alkyl halides is 2. The van der Waals surface area contributed by atoms with E-state index in [2.05, 4.69) is 14.8 Å². The number of benzene rings is 2. The Kier molecular flexibility index (Phi) is 10.1. The number of carbonyl (C=O) groups is 2. The molecule has 0 aliphatic heterocycles. The van der Waals surface area contributed by atoms with E-state index in [-0.39, 0.29) is 42.0 Å². The monoisotopic (exact) mass is 654 g/mol. The summed E-state index contributed by atoms with van der Waals surface area (Å²) in [4.78, 5) is 34.1. The molecule has 0 bridgehead atoms. The van der Waals surface area contributed by atoms with Crippen molar-refractivity contribution in [2.24, 2.45) is 0 Å². The van der Waals surface area contributed by atoms with Crippen molar-refractivity contribution in [1.29, 1.82) is 5.26 Å². The SMILES string of the molecule is CC(C)(C)c1ccc(C(=O)N(Cc2nccs2)C(CCC#N)(Cn2cccn2)C(=O)NS(=O)(=O)c2ccccc2)cc1C(F)F. The van der Waals surface area contributed by atoms with E-state index in [4.69, 9.17) is 0 Å². The summed E-state index contributed by atoms with van der Waals surface area (Å²) < 4.78 is 58.9. The van der Waals surface area contributed by atoms with E-state index in [1.165, 1.54) is 71.0 Å². The molecule has 2 amide bonds. The van der Waals surface area contributed by atoms with Crippen molar-refractivity contribution in [3.05, 3.63) is 100 Å². The third-order valence-electron chi connectivity index (χ3n) is 7.22. The molecule has 2 aromatic carbocycles. The van der Waals surface area contributed by atoms with Gasteiger partial charge in [0.15, 0.2) is 0 Å². The molecule has 0 spiro atoms. The molecule has 0 saturated carbocycles. The number of thiazole rings is 1. The van der Waals surface area contributed by atoms with Gasteiger partial charge in [-0.2, -0.15) is 10.4 Å². The minimum Gasteiger partial charge on any atom is -0.315 e. The third kappa shape index (κ3) is 7.61. The Morgan fingerprint density at radius 3 is 2.42 bits per heavy atom. The smallest absolute Gasteiger partial charge is 0.264 e. The van der Waals surface area contributed by atoms with Crippen LogP contribution in [-0.2, 0) is 33.3 Å². The fourth-order valence-corrected chi connectivity index (χ4v) is 6.68. The van der Waals surface area contributed by atoms with Crippen LogP contribution in [-0.4, -0.2) is 45.4 Å². The molecule has 0 radical (unpaired) electrons. The second kappa shape index (κ2) is 13.7. The van der Waals surface area contributed by atoms with Crippen molar-refractivity contribution in [3.8, 4) is 6.07 Å². The Hall–Kier alpha value is -4.48. The second-order valence-electron chi connectivity index (χ2n) is 11.3. The number of halogens is 2. The standard InChI is InChI=1S/C31H32F2N6O4S2/c1-30(2,3)25-12-11-22(19-24(25)27(32)33)28(40)39(20-26-35-16-18-44-26)31(13-7-14-34,21-38-17-8-15-36-38)29(41)37-45(42,43)23-9-5-4-6-10-23/h4-6,8-12,15-19,27H,7,13,20-21H2,1-3H3,(H,37,41). The summed E-state index contributed by atoms with van der Waals surface area (Å²) in [6.07, 6.45) is 1.01. The lowest BCUT2D eigenvalue weighted by Crippen LogP contribution is -2.63. The Balaban J connectivity index is 1.93. The van der Waals surface area contributed by atoms with Gasteiger partial charge in [0.25, 0.3) is 28.3 Å². The van der Waals surface area contributed by atoms with Gasteiger partial charge in [-0.25, -0.2) is 26.9 Å². The van der Waals surface area contributed by atoms with Gasteiger partial charge in [0.2, 0.25) is 0 Å². The van der Waals surface area contributed by atoms with Gasteiger partial charge < -0.3 is 4.90 Å². The van der Waals surface area contributed by atoms with E-state index in [1.54, 1.807) is 38.3 Å². The molecule has 0 aliphatic carbocycles. The first-order valence-corrected chi connectivity index (χ1v) is 16.2. The minimum absolute atomic E-state index is 0.143. The van der Waals surface area contributed by atoms with Crippen LogP contribution in [0, 0.1) is 11.3 Å². The molecule has 4 aromatic rings. The first-order chi connectivity index (χ1) is 21.3. The van der Waals surface area contributed by atoms with Crippen molar-refractivity contribution in [2.75, 3.05) is 0 Å². The number of amides is 2. The molecule has 1 N–H and O–H groups in total. The van der Waals surface area contributed by atoms with Crippen LogP contribution in [0.3, 0.4) is 0 Å². The van der Waals surface area contributed by atoms with Crippen LogP contribution < -0.4 is 4.72 Å². The quantitative estimate of drug-likeness (QED) is 0.214. The van der Waals surface area contributed by atoms with E-state index >= 15 is 0 Å². The Bertz CT molecular complexity index is 1770. The number of aromatic nitrogens is 3. The normalized spacial score (nSPS) is 13.2. The third-order valence-corrected chi connectivity index (χ3v) is 9.33. The van der Waals surface area contributed by atoms with Crippen LogP contribution in [0.5, 0.6) is 0 Å². The second-order valence-corrected chi connectivity index (χ2v) is 14.0. The molecule has 10 nitrogen and oxygen atoms in total. The van der Waals surface area contributed by atoms with Gasteiger partial charge in [0.1, 0.15) is 10.5 Å². The van der Waals surface area contributed by atoms with Crippen molar-refractivity contribution >= 4 is 33.2 Å². The maximum atomic E-state index is 14.5. The molecule has 1 unspecified atom stereocenters. The molecule has 14 heteroatoms. The van der Waals surface area contributed by atoms with Gasteiger partial charge in [-0.1, -0.05) is 45.0 Å². The topological polar surface area (TPSA) is 138 Å². The maximum Gasteiger partial charge on any atom is 0.264 e. The zero-order valence-electron chi connectivity index (χ0n) is 24.9. The lowest BCUT2D eigenvalue weighted by atomic mass is 9.82. The zero-order valence-corrected chi connectivity index (χ0v) is 26.5. The number of sulfonamides is 1. The van der Waals surface area contributed by atoms with Crippen molar-refractivity contribution in [1.82, 2.24) is 24.4 Å². The molecule has 45 heavy (non-hydrogen) atoms. The van der Waals surface area contributed by atoms with Gasteiger partial charge in [-0.05, 0) is 47.7 Å². The lowest BCUT2D eigenvalue weighted by Gasteiger charge is -2.42. The van der Waals surface area contributed by atoms with E-state index in [0.29, 0.717) is 10.6 Å². The summed E-state index contributed by atoms with van der Waals surface area (Å²) >= 11 is 1.18. The summed E-state index contributed by atoms with van der Waals surface area (Å²) in [5.41, 5.74) is -2.83. The number of nitrogens with one attached hydrogen (secondary N) is 1. The highest BCUT2D eigenvalue weighted by molar-refractivity contribution is 7.90. The van der Waals surface area contributed by atoms with Crippen LogP contribution in [0.15, 0.2) is 83.5 Å². The highest BCUT2D eigenvalue weighted by atomic mass is 32.2. The predicted octanol–water partition coefficient (Wildman–Crippen LogP) is 5.46. The van der Waals surface area contributed by atoms with Crippen LogP contribution >= 0.6 is 11.3 Å². The first kappa shape index (κ1) is 33.4. The number of hydrogen-bond donors (Lipinski definition) is 1. The van der Waals surface area contributed by atoms with Crippen molar-refractivity contribution < 1.29 is 26.8 Å². The zero-order chi connectivity index (χ0) is 32.8.